The third-order valence-corrected chi connectivity index (χ3v) is 13.5. The summed E-state index contributed by atoms with van der Waals surface area (Å²) in [4.78, 5) is 145. The van der Waals surface area contributed by atoms with Crippen molar-refractivity contribution in [3.63, 3.8) is 0 Å². The van der Waals surface area contributed by atoms with E-state index in [0.29, 0.717) is 31.4 Å². The second-order valence-corrected chi connectivity index (χ2v) is 18.8. The zero-order valence-corrected chi connectivity index (χ0v) is 40.5. The third kappa shape index (κ3) is 13.4. The van der Waals surface area contributed by atoms with E-state index in [1.807, 2.05) is 43.3 Å². The lowest BCUT2D eigenvalue weighted by atomic mass is 9.76. The highest BCUT2D eigenvalue weighted by Crippen LogP contribution is 2.39. The number of nitrogens with two attached hydrogens (primary N) is 2. The SMILES string of the molecule is C[C@@H]1NC(=O)C[C@@H](C(=O)N2CCC[C@H]2C(N)=O)NC(=O)[C@H](C2(C(N)=O)CCCN2C(=O)CO)CCCCNC(=O)[C@H](C)NC(=O)[C@H](Cc2c[nH]c3ccccc23)NC(=O)[C@H](CCCCN(C)C)NC1=O. The fourth-order valence-corrected chi connectivity index (χ4v) is 9.76. The lowest BCUT2D eigenvalue weighted by molar-refractivity contribution is -0.153. The molecule has 8 atom stereocenters. The third-order valence-electron chi connectivity index (χ3n) is 13.5. The van der Waals surface area contributed by atoms with Gasteiger partial charge in [0.15, 0.2) is 0 Å². The van der Waals surface area contributed by atoms with Crippen LogP contribution in [0.25, 0.3) is 10.9 Å². The van der Waals surface area contributed by atoms with E-state index in [1.165, 1.54) is 13.8 Å². The van der Waals surface area contributed by atoms with E-state index in [4.69, 9.17) is 11.5 Å². The second-order valence-electron chi connectivity index (χ2n) is 18.8. The van der Waals surface area contributed by atoms with E-state index in [-0.39, 0.29) is 71.0 Å². The molecule has 0 aliphatic carbocycles. The number of hydrogen-bond acceptors (Lipinski definition) is 12. The van der Waals surface area contributed by atoms with Gasteiger partial charge in [-0.05, 0) is 104 Å². The summed E-state index contributed by atoms with van der Waals surface area (Å²) in [6.07, 6.45) is 3.24. The number of nitrogens with zero attached hydrogens (tertiary/aromatic N) is 3. The van der Waals surface area contributed by atoms with Crippen molar-refractivity contribution in [2.45, 2.75) is 133 Å². The highest BCUT2D eigenvalue weighted by molar-refractivity contribution is 6.01. The van der Waals surface area contributed by atoms with Crippen molar-refractivity contribution in [1.82, 2.24) is 51.6 Å². The van der Waals surface area contributed by atoms with E-state index >= 15 is 0 Å². The molecule has 23 nitrogen and oxygen atoms in total. The van der Waals surface area contributed by atoms with Crippen LogP contribution in [0.4, 0.5) is 0 Å². The van der Waals surface area contributed by atoms with Crippen molar-refractivity contribution >= 4 is 70.0 Å². The highest BCUT2D eigenvalue weighted by Gasteiger charge is 2.56. The molecular formula is C47H70N12O11. The summed E-state index contributed by atoms with van der Waals surface area (Å²) in [6.45, 7) is 2.59. The van der Waals surface area contributed by atoms with E-state index in [1.54, 1.807) is 6.20 Å². The Kier molecular flexibility index (Phi) is 19.2. The molecular weight excluding hydrogens is 909 g/mol. The molecule has 384 valence electrons. The molecule has 12 N–H and O–H groups in total. The van der Waals surface area contributed by atoms with Gasteiger partial charge in [0.25, 0.3) is 0 Å². The zero-order valence-electron chi connectivity index (χ0n) is 40.5. The summed E-state index contributed by atoms with van der Waals surface area (Å²) in [6, 6.07) is -0.192. The number of carbonyl (C=O) groups excluding carboxylic acids is 10. The molecule has 23 heteroatoms. The molecule has 0 bridgehead atoms. The lowest BCUT2D eigenvalue weighted by Crippen LogP contribution is -2.65. The average molecular weight is 979 g/mol. The van der Waals surface area contributed by atoms with Gasteiger partial charge in [0.1, 0.15) is 48.4 Å². The van der Waals surface area contributed by atoms with Crippen LogP contribution in [0.3, 0.4) is 0 Å². The van der Waals surface area contributed by atoms with Gasteiger partial charge < -0.3 is 68.2 Å². The number of primary amides is 2. The number of H-pyrrole nitrogens is 1. The number of hydrogen-bond donors (Lipinski definition) is 10. The van der Waals surface area contributed by atoms with Crippen LogP contribution in [0, 0.1) is 5.92 Å². The standard InChI is InChI=1S/C47H70N12O11/c1-27-40(64)50-19-9-7-14-31(47(46(49)70)18-12-22-59(47)38(62)26-60)42(66)56-35(45(69)58-21-11-17-36(58)39(48)63)24-37(61)52-28(2)41(65)54-33(16-8-10-20-57(3)4)43(67)55-34(44(68)53-27)23-29-25-51-32-15-6-5-13-30(29)32/h5-6,13,15,25,27-28,31,33-36,51,60H,7-12,14,16-24,26H2,1-4H3,(H2,48,63)(H2,49,70)(H,50,64)(H,52,61)(H,53,68)(H,54,65)(H,55,67)(H,56,66)/t27-,28-,31+,33-,34-,35-,36-,47?/m0/s1. The number of aromatic nitrogens is 1. The number of carbonyl (C=O) groups is 10. The van der Waals surface area contributed by atoms with Crippen molar-refractivity contribution in [3.05, 3.63) is 36.0 Å². The Bertz CT molecular complexity index is 2270. The Labute approximate surface area is 406 Å². The Morgan fingerprint density at radius 2 is 1.49 bits per heavy atom. The quantitative estimate of drug-likeness (QED) is 0.0990. The minimum atomic E-state index is -1.97. The van der Waals surface area contributed by atoms with E-state index in [2.05, 4.69) is 36.9 Å². The number of likely N-dealkylation sites (tertiary alicyclic amines) is 2. The van der Waals surface area contributed by atoms with Crippen LogP contribution in [0.15, 0.2) is 30.5 Å². The van der Waals surface area contributed by atoms with Crippen LogP contribution in [0.1, 0.15) is 90.0 Å². The Morgan fingerprint density at radius 3 is 2.19 bits per heavy atom. The largest absolute Gasteiger partial charge is 0.387 e. The van der Waals surface area contributed by atoms with Gasteiger partial charge in [-0.2, -0.15) is 0 Å². The van der Waals surface area contributed by atoms with Crippen molar-refractivity contribution in [2.75, 3.05) is 46.9 Å². The second kappa shape index (κ2) is 24.8. The minimum Gasteiger partial charge on any atom is -0.387 e. The number of aliphatic hydroxyl groups is 1. The first-order valence-corrected chi connectivity index (χ1v) is 24.1. The maximum atomic E-state index is 14.7. The molecule has 3 aliphatic rings. The van der Waals surface area contributed by atoms with Crippen LogP contribution < -0.4 is 43.4 Å². The van der Waals surface area contributed by atoms with Crippen LogP contribution in [-0.2, 0) is 54.4 Å². The topological polar surface area (TPSA) is 341 Å². The number of aliphatic hydroxyl groups excluding tert-OH is 1. The zero-order chi connectivity index (χ0) is 51.3. The van der Waals surface area contributed by atoms with Crippen LogP contribution in [0.5, 0.6) is 0 Å². The van der Waals surface area contributed by atoms with E-state index < -0.39 is 120 Å². The average Bonchev–Trinajstić information content (AvgIpc) is 4.09. The normalized spacial score (nSPS) is 27.3. The minimum absolute atomic E-state index is 0.00321. The van der Waals surface area contributed by atoms with E-state index in [0.717, 1.165) is 20.7 Å². The van der Waals surface area contributed by atoms with Crippen molar-refractivity contribution < 1.29 is 53.1 Å². The van der Waals surface area contributed by atoms with Gasteiger partial charge in [0.05, 0.1) is 12.3 Å². The molecule has 1 aromatic carbocycles. The first-order chi connectivity index (χ1) is 33.3. The highest BCUT2D eigenvalue weighted by atomic mass is 16.3. The Balaban J connectivity index is 1.51. The molecule has 0 spiro atoms. The first-order valence-electron chi connectivity index (χ1n) is 24.1. The van der Waals surface area contributed by atoms with Crippen molar-refractivity contribution in [1.29, 1.82) is 0 Å². The molecule has 1 aromatic heterocycles. The van der Waals surface area contributed by atoms with Crippen LogP contribution in [-0.4, -0.2) is 173 Å². The number of unbranched alkanes of at least 4 members (excludes halogenated alkanes) is 1. The molecule has 3 fully saturated rings. The first kappa shape index (κ1) is 54.3. The summed E-state index contributed by atoms with van der Waals surface area (Å²) in [5, 5.41) is 26.9. The lowest BCUT2D eigenvalue weighted by Gasteiger charge is -2.41. The maximum Gasteiger partial charge on any atom is 0.249 e. The maximum absolute atomic E-state index is 14.7. The predicted molar refractivity (Wildman–Crippen MR) is 254 cm³/mol. The van der Waals surface area contributed by atoms with Gasteiger partial charge in [0.2, 0.25) is 59.1 Å². The van der Waals surface area contributed by atoms with Gasteiger partial charge >= 0.3 is 0 Å². The molecule has 70 heavy (non-hydrogen) atoms. The van der Waals surface area contributed by atoms with Crippen LogP contribution >= 0.6 is 0 Å². The number of aromatic amines is 1. The fourth-order valence-electron chi connectivity index (χ4n) is 9.76. The Morgan fingerprint density at radius 1 is 0.786 bits per heavy atom. The number of amides is 10. The molecule has 0 radical (unpaired) electrons. The molecule has 10 amide bonds. The summed E-state index contributed by atoms with van der Waals surface area (Å²) in [5.74, 6) is -9.55. The molecule has 3 saturated heterocycles. The molecule has 3 aliphatic heterocycles. The number of benzene rings is 1. The molecule has 4 heterocycles. The predicted octanol–water partition coefficient (Wildman–Crippen LogP) is -2.47. The van der Waals surface area contributed by atoms with Crippen molar-refractivity contribution in [2.24, 2.45) is 17.4 Å². The van der Waals surface area contributed by atoms with Gasteiger partial charge in [0, 0.05) is 43.2 Å². The van der Waals surface area contributed by atoms with Gasteiger partial charge in [-0.1, -0.05) is 24.6 Å². The van der Waals surface area contributed by atoms with Gasteiger partial charge in [-0.15, -0.1) is 0 Å². The number of nitrogens with one attached hydrogen (secondary N) is 7. The Hall–Kier alpha value is -6.62. The number of para-hydroxylation sites is 1. The number of fused-ring (bicyclic) bond motifs is 1. The van der Waals surface area contributed by atoms with Crippen molar-refractivity contribution in [3.8, 4) is 0 Å². The molecule has 5 rings (SSSR count). The summed E-state index contributed by atoms with van der Waals surface area (Å²) >= 11 is 0. The van der Waals surface area contributed by atoms with Gasteiger partial charge in [-0.25, -0.2) is 0 Å². The molecule has 2 aromatic rings. The fraction of sp³-hybridized carbons (Fsp3) is 0.617. The smallest absolute Gasteiger partial charge is 0.249 e. The monoisotopic (exact) mass is 979 g/mol. The summed E-state index contributed by atoms with van der Waals surface area (Å²) in [7, 11) is 3.79. The molecule has 0 saturated carbocycles. The summed E-state index contributed by atoms with van der Waals surface area (Å²) in [5.41, 5.74) is 11.2. The number of rotatable bonds is 12. The summed E-state index contributed by atoms with van der Waals surface area (Å²) < 4.78 is 0. The molecule has 1 unspecified atom stereocenters. The van der Waals surface area contributed by atoms with Gasteiger partial charge in [-0.3, -0.25) is 47.9 Å². The van der Waals surface area contributed by atoms with E-state index in [9.17, 15) is 53.1 Å². The van der Waals surface area contributed by atoms with Crippen LogP contribution in [0.2, 0.25) is 0 Å².